The number of hydrogen-bond donors (Lipinski definition) is 0. The van der Waals surface area contributed by atoms with E-state index in [0.29, 0.717) is 12.7 Å². The summed E-state index contributed by atoms with van der Waals surface area (Å²) in [5.41, 5.74) is 1.53. The molecule has 0 aromatic rings. The summed E-state index contributed by atoms with van der Waals surface area (Å²) < 4.78 is 5.71. The zero-order valence-electron chi connectivity index (χ0n) is 9.30. The van der Waals surface area contributed by atoms with Crippen molar-refractivity contribution in [3.05, 3.63) is 24.3 Å². The lowest BCUT2D eigenvalue weighted by molar-refractivity contribution is 0.0990. The summed E-state index contributed by atoms with van der Waals surface area (Å²) in [4.78, 5) is 0. The molecule has 1 heteroatoms. The van der Waals surface area contributed by atoms with Crippen LogP contribution in [0.3, 0.4) is 0 Å². The van der Waals surface area contributed by atoms with Crippen molar-refractivity contribution in [2.24, 2.45) is 0 Å². The quantitative estimate of drug-likeness (QED) is 0.442. The Hall–Kier alpha value is -0.560. The zero-order chi connectivity index (χ0) is 10.2. The number of allylic oxidation sites excluding steroid dienone is 1. The second kappa shape index (κ2) is 6.83. The minimum absolute atomic E-state index is 0.393. The first-order chi connectivity index (χ1) is 6.88. The third-order valence-corrected chi connectivity index (χ3v) is 2.73. The Morgan fingerprint density at radius 2 is 2.43 bits per heavy atom. The van der Waals surface area contributed by atoms with Gasteiger partial charge in [-0.05, 0) is 31.3 Å². The second-order valence-electron chi connectivity index (χ2n) is 3.92. The Labute approximate surface area is 87.8 Å². The van der Waals surface area contributed by atoms with E-state index in [9.17, 15) is 0 Å². The minimum Gasteiger partial charge on any atom is -0.370 e. The summed E-state index contributed by atoms with van der Waals surface area (Å²) in [7, 11) is 0. The van der Waals surface area contributed by atoms with Gasteiger partial charge in [0.15, 0.2) is 0 Å². The van der Waals surface area contributed by atoms with Crippen LogP contribution in [0.25, 0.3) is 0 Å². The first-order valence-electron chi connectivity index (χ1n) is 5.80. The van der Waals surface area contributed by atoms with Crippen LogP contribution in [0.4, 0.5) is 0 Å². The van der Waals surface area contributed by atoms with E-state index in [4.69, 9.17) is 4.74 Å². The maximum Gasteiger partial charge on any atom is 0.0792 e. The minimum atomic E-state index is 0.393. The van der Waals surface area contributed by atoms with Crippen LogP contribution in [0.1, 0.15) is 45.4 Å². The van der Waals surface area contributed by atoms with Gasteiger partial charge in [-0.25, -0.2) is 0 Å². The highest BCUT2D eigenvalue weighted by atomic mass is 16.5. The predicted molar refractivity (Wildman–Crippen MR) is 61.4 cm³/mol. The van der Waals surface area contributed by atoms with Crippen LogP contribution >= 0.6 is 0 Å². The topological polar surface area (TPSA) is 9.23 Å². The molecule has 0 spiro atoms. The van der Waals surface area contributed by atoms with Crippen molar-refractivity contribution in [1.29, 1.82) is 0 Å². The van der Waals surface area contributed by atoms with E-state index in [1.54, 1.807) is 0 Å². The molecule has 0 aromatic carbocycles. The summed E-state index contributed by atoms with van der Waals surface area (Å²) in [6, 6.07) is 0. The molecule has 0 aliphatic heterocycles. The molecular weight excluding hydrogens is 172 g/mol. The number of hydrogen-bond acceptors (Lipinski definition) is 1. The molecule has 1 nitrogen and oxygen atoms in total. The number of ether oxygens (including phenoxy) is 1. The van der Waals surface area contributed by atoms with Crippen molar-refractivity contribution < 1.29 is 4.74 Å². The second-order valence-corrected chi connectivity index (χ2v) is 3.92. The van der Waals surface area contributed by atoms with Crippen molar-refractivity contribution in [2.75, 3.05) is 6.61 Å². The average Bonchev–Trinajstić information content (AvgIpc) is 2.63. The van der Waals surface area contributed by atoms with E-state index in [1.807, 2.05) is 6.08 Å². The van der Waals surface area contributed by atoms with Crippen molar-refractivity contribution in [2.45, 2.75) is 51.6 Å². The molecular formula is C13H22O. The summed E-state index contributed by atoms with van der Waals surface area (Å²) in [5, 5.41) is 0. The summed E-state index contributed by atoms with van der Waals surface area (Å²) in [6.07, 6.45) is 12.2. The number of rotatable bonds is 7. The molecule has 0 N–H and O–H groups in total. The van der Waals surface area contributed by atoms with Crippen molar-refractivity contribution in [3.63, 3.8) is 0 Å². The van der Waals surface area contributed by atoms with Gasteiger partial charge in [0, 0.05) is 0 Å². The van der Waals surface area contributed by atoms with Gasteiger partial charge in [0.05, 0.1) is 12.7 Å². The van der Waals surface area contributed by atoms with Crippen molar-refractivity contribution >= 4 is 0 Å². The monoisotopic (exact) mass is 194 g/mol. The van der Waals surface area contributed by atoms with Gasteiger partial charge in [-0.15, -0.1) is 6.58 Å². The molecule has 0 bridgehead atoms. The normalized spacial score (nSPS) is 20.9. The summed E-state index contributed by atoms with van der Waals surface area (Å²) in [5.74, 6) is 0. The van der Waals surface area contributed by atoms with E-state index in [-0.39, 0.29) is 0 Å². The summed E-state index contributed by atoms with van der Waals surface area (Å²) >= 11 is 0. The fraction of sp³-hybridized carbons (Fsp3) is 0.692. The molecule has 1 atom stereocenters. The van der Waals surface area contributed by atoms with Crippen LogP contribution in [-0.4, -0.2) is 12.7 Å². The molecule has 0 saturated heterocycles. The first kappa shape index (κ1) is 11.5. The molecule has 0 fully saturated rings. The fourth-order valence-electron chi connectivity index (χ4n) is 1.95. The molecule has 0 radical (unpaired) electrons. The standard InChI is InChI=1S/C13H22O/c1-3-5-6-8-12-9-7-10-13(12)14-11-4-2/h4,9,13H,2-3,5-8,10-11H2,1H3/t13-/m1/s1. The first-order valence-corrected chi connectivity index (χ1v) is 5.80. The molecule has 1 aliphatic carbocycles. The highest BCUT2D eigenvalue weighted by Gasteiger charge is 2.18. The molecule has 0 aromatic heterocycles. The van der Waals surface area contributed by atoms with E-state index in [1.165, 1.54) is 44.1 Å². The predicted octanol–water partition coefficient (Wildman–Crippen LogP) is 3.86. The lowest BCUT2D eigenvalue weighted by Gasteiger charge is -2.14. The maximum absolute atomic E-state index is 5.71. The number of unbranched alkanes of at least 4 members (excludes halogenated alkanes) is 2. The zero-order valence-corrected chi connectivity index (χ0v) is 9.30. The van der Waals surface area contributed by atoms with Gasteiger partial charge in [0.2, 0.25) is 0 Å². The van der Waals surface area contributed by atoms with Gasteiger partial charge in [-0.2, -0.15) is 0 Å². The molecule has 0 saturated carbocycles. The molecule has 1 rings (SSSR count). The van der Waals surface area contributed by atoms with Gasteiger partial charge >= 0.3 is 0 Å². The van der Waals surface area contributed by atoms with Gasteiger partial charge in [-0.1, -0.05) is 31.9 Å². The lowest BCUT2D eigenvalue weighted by Crippen LogP contribution is -2.12. The highest BCUT2D eigenvalue weighted by molar-refractivity contribution is 5.14. The Balaban J connectivity index is 2.23. The van der Waals surface area contributed by atoms with Crippen LogP contribution in [-0.2, 0) is 4.74 Å². The van der Waals surface area contributed by atoms with Crippen LogP contribution in [0.5, 0.6) is 0 Å². The summed E-state index contributed by atoms with van der Waals surface area (Å²) in [6.45, 7) is 6.61. The van der Waals surface area contributed by atoms with Crippen LogP contribution in [0.2, 0.25) is 0 Å². The van der Waals surface area contributed by atoms with E-state index in [2.05, 4.69) is 19.6 Å². The Morgan fingerprint density at radius 1 is 1.57 bits per heavy atom. The smallest absolute Gasteiger partial charge is 0.0792 e. The molecule has 14 heavy (non-hydrogen) atoms. The molecule has 0 heterocycles. The van der Waals surface area contributed by atoms with E-state index >= 15 is 0 Å². The molecule has 0 amide bonds. The maximum atomic E-state index is 5.71. The van der Waals surface area contributed by atoms with Gasteiger partial charge < -0.3 is 4.74 Å². The average molecular weight is 194 g/mol. The van der Waals surface area contributed by atoms with Crippen molar-refractivity contribution in [1.82, 2.24) is 0 Å². The van der Waals surface area contributed by atoms with E-state index < -0.39 is 0 Å². The van der Waals surface area contributed by atoms with Gasteiger partial charge in [0.25, 0.3) is 0 Å². The van der Waals surface area contributed by atoms with E-state index in [0.717, 1.165) is 0 Å². The van der Waals surface area contributed by atoms with Crippen LogP contribution in [0.15, 0.2) is 24.3 Å². The van der Waals surface area contributed by atoms with Crippen LogP contribution < -0.4 is 0 Å². The SMILES string of the molecule is C=CCO[C@@H]1CCC=C1CCCCC. The Morgan fingerprint density at radius 3 is 3.14 bits per heavy atom. The Bertz CT molecular complexity index is 193. The highest BCUT2D eigenvalue weighted by Crippen LogP contribution is 2.26. The Kier molecular flexibility index (Phi) is 5.62. The molecule has 0 unspecified atom stereocenters. The van der Waals surface area contributed by atoms with Gasteiger partial charge in [0.1, 0.15) is 0 Å². The molecule has 1 aliphatic rings. The third kappa shape index (κ3) is 3.67. The largest absolute Gasteiger partial charge is 0.370 e. The lowest BCUT2D eigenvalue weighted by atomic mass is 10.1. The van der Waals surface area contributed by atoms with Gasteiger partial charge in [-0.3, -0.25) is 0 Å². The van der Waals surface area contributed by atoms with Crippen LogP contribution in [0, 0.1) is 0 Å². The third-order valence-electron chi connectivity index (χ3n) is 2.73. The van der Waals surface area contributed by atoms with Crippen molar-refractivity contribution in [3.8, 4) is 0 Å². The molecule has 80 valence electrons. The fourth-order valence-corrected chi connectivity index (χ4v) is 1.95.